The first-order valence-corrected chi connectivity index (χ1v) is 8.52. The summed E-state index contributed by atoms with van der Waals surface area (Å²) in [6, 6.07) is 7.52. The highest BCUT2D eigenvalue weighted by atomic mass is 32.1. The van der Waals surface area contributed by atoms with Crippen LogP contribution in [0.2, 0.25) is 0 Å². The summed E-state index contributed by atoms with van der Waals surface area (Å²) < 4.78 is 18.0. The van der Waals surface area contributed by atoms with Gasteiger partial charge in [0.25, 0.3) is 0 Å². The third-order valence-corrected chi connectivity index (χ3v) is 4.53. The molecule has 2 aromatic heterocycles. The Hall–Kier alpha value is -2.65. The van der Waals surface area contributed by atoms with Gasteiger partial charge < -0.3 is 14.2 Å². The van der Waals surface area contributed by atoms with E-state index >= 15 is 0 Å². The minimum Gasteiger partial charge on any atom is -0.493 e. The second kappa shape index (κ2) is 7.49. The standard InChI is InChI=1S/C16H16N4O3S2/c1-21-11-7-10(8-12(22-2)14(11)23-3)9-17-20-15(18-19-16(20)24)13-5-4-6-25-13/h4-9H,1-3H3,(H,19,24)/b17-9+. The van der Waals surface area contributed by atoms with Crippen molar-refractivity contribution in [3.05, 3.63) is 40.0 Å². The Balaban J connectivity index is 2.01. The van der Waals surface area contributed by atoms with Gasteiger partial charge in [-0.25, -0.2) is 5.10 Å². The summed E-state index contributed by atoms with van der Waals surface area (Å²) in [4.78, 5) is 0.967. The largest absolute Gasteiger partial charge is 0.493 e. The van der Waals surface area contributed by atoms with Gasteiger partial charge in [-0.2, -0.15) is 14.9 Å². The number of aromatic nitrogens is 3. The molecule has 0 spiro atoms. The average Bonchev–Trinajstić information content (AvgIpc) is 3.28. The minimum atomic E-state index is 0.409. The lowest BCUT2D eigenvalue weighted by Gasteiger charge is -2.12. The van der Waals surface area contributed by atoms with Crippen LogP contribution in [0.1, 0.15) is 5.56 Å². The van der Waals surface area contributed by atoms with Crippen LogP contribution < -0.4 is 14.2 Å². The van der Waals surface area contributed by atoms with Crippen LogP contribution >= 0.6 is 23.6 Å². The molecule has 0 unspecified atom stereocenters. The summed E-state index contributed by atoms with van der Waals surface area (Å²) in [5.74, 6) is 2.29. The van der Waals surface area contributed by atoms with Gasteiger partial charge in [0.05, 0.1) is 32.4 Å². The Morgan fingerprint density at radius 1 is 1.20 bits per heavy atom. The summed E-state index contributed by atoms with van der Waals surface area (Å²) in [7, 11) is 4.70. The van der Waals surface area contributed by atoms with E-state index in [0.29, 0.717) is 27.8 Å². The molecule has 3 aromatic rings. The van der Waals surface area contributed by atoms with Crippen molar-refractivity contribution < 1.29 is 14.2 Å². The molecule has 1 N–H and O–H groups in total. The molecule has 0 radical (unpaired) electrons. The Bertz CT molecular complexity index is 920. The predicted molar refractivity (Wildman–Crippen MR) is 99.8 cm³/mol. The number of methoxy groups -OCH3 is 3. The highest BCUT2D eigenvalue weighted by Gasteiger charge is 2.13. The number of thiophene rings is 1. The normalized spacial score (nSPS) is 11.0. The van der Waals surface area contributed by atoms with Crippen LogP contribution in [0.25, 0.3) is 10.7 Å². The van der Waals surface area contributed by atoms with Crippen LogP contribution in [-0.4, -0.2) is 42.4 Å². The fourth-order valence-corrected chi connectivity index (χ4v) is 3.14. The monoisotopic (exact) mass is 376 g/mol. The molecule has 0 aliphatic rings. The maximum Gasteiger partial charge on any atom is 0.216 e. The van der Waals surface area contributed by atoms with Crippen molar-refractivity contribution in [2.45, 2.75) is 0 Å². The number of H-pyrrole nitrogens is 1. The van der Waals surface area contributed by atoms with Crippen molar-refractivity contribution in [2.75, 3.05) is 21.3 Å². The first-order valence-electron chi connectivity index (χ1n) is 7.23. The molecule has 0 saturated heterocycles. The fraction of sp³-hybridized carbons (Fsp3) is 0.188. The van der Waals surface area contributed by atoms with E-state index in [2.05, 4.69) is 15.3 Å². The van der Waals surface area contributed by atoms with Crippen LogP contribution in [0.5, 0.6) is 17.2 Å². The van der Waals surface area contributed by atoms with E-state index in [0.717, 1.165) is 10.4 Å². The topological polar surface area (TPSA) is 73.7 Å². The first-order chi connectivity index (χ1) is 12.2. The maximum atomic E-state index is 5.35. The number of nitrogens with zero attached hydrogens (tertiary/aromatic N) is 3. The van der Waals surface area contributed by atoms with Gasteiger partial charge in [0.15, 0.2) is 17.3 Å². The molecule has 130 valence electrons. The number of hydrogen-bond donors (Lipinski definition) is 1. The molecule has 0 aliphatic heterocycles. The van der Waals surface area contributed by atoms with Crippen molar-refractivity contribution in [2.24, 2.45) is 5.10 Å². The van der Waals surface area contributed by atoms with Crippen molar-refractivity contribution in [3.63, 3.8) is 0 Å². The Labute approximate surface area is 153 Å². The highest BCUT2D eigenvalue weighted by molar-refractivity contribution is 7.71. The Kier molecular flexibility index (Phi) is 5.15. The zero-order valence-electron chi connectivity index (χ0n) is 13.8. The van der Waals surface area contributed by atoms with E-state index in [1.54, 1.807) is 55.7 Å². The van der Waals surface area contributed by atoms with Crippen molar-refractivity contribution >= 4 is 29.8 Å². The van der Waals surface area contributed by atoms with Crippen molar-refractivity contribution in [1.29, 1.82) is 0 Å². The minimum absolute atomic E-state index is 0.409. The van der Waals surface area contributed by atoms with E-state index < -0.39 is 0 Å². The second-order valence-corrected chi connectivity index (χ2v) is 6.18. The third kappa shape index (κ3) is 3.42. The predicted octanol–water partition coefficient (Wildman–Crippen LogP) is 3.58. The zero-order valence-corrected chi connectivity index (χ0v) is 15.5. The molecule has 25 heavy (non-hydrogen) atoms. The smallest absolute Gasteiger partial charge is 0.216 e. The molecule has 2 heterocycles. The first kappa shape index (κ1) is 17.2. The van der Waals surface area contributed by atoms with Crippen LogP contribution in [0.3, 0.4) is 0 Å². The van der Waals surface area contributed by atoms with Gasteiger partial charge in [-0.15, -0.1) is 11.3 Å². The number of ether oxygens (including phenoxy) is 3. The van der Waals surface area contributed by atoms with Gasteiger partial charge in [0.2, 0.25) is 10.5 Å². The number of rotatable bonds is 6. The van der Waals surface area contributed by atoms with E-state index in [1.807, 2.05) is 17.5 Å². The van der Waals surface area contributed by atoms with E-state index in [4.69, 9.17) is 26.4 Å². The summed E-state index contributed by atoms with van der Waals surface area (Å²) in [6.07, 6.45) is 1.66. The van der Waals surface area contributed by atoms with Crippen LogP contribution in [-0.2, 0) is 0 Å². The second-order valence-electron chi connectivity index (χ2n) is 4.84. The Morgan fingerprint density at radius 3 is 2.48 bits per heavy atom. The average molecular weight is 376 g/mol. The summed E-state index contributed by atoms with van der Waals surface area (Å²) in [5, 5.41) is 13.4. The molecule has 0 fully saturated rings. The third-order valence-electron chi connectivity index (χ3n) is 3.40. The summed E-state index contributed by atoms with van der Waals surface area (Å²) >= 11 is 6.83. The van der Waals surface area contributed by atoms with Gasteiger partial charge in [-0.05, 0) is 35.8 Å². The summed E-state index contributed by atoms with van der Waals surface area (Å²) in [6.45, 7) is 0. The fourth-order valence-electron chi connectivity index (χ4n) is 2.26. The van der Waals surface area contributed by atoms with Gasteiger partial charge in [-0.3, -0.25) is 0 Å². The molecule has 1 aromatic carbocycles. The zero-order chi connectivity index (χ0) is 17.8. The molecule has 0 aliphatic carbocycles. The molecule has 0 amide bonds. The molecule has 0 atom stereocenters. The van der Waals surface area contributed by atoms with Crippen LogP contribution in [0.15, 0.2) is 34.7 Å². The number of benzene rings is 1. The SMILES string of the molecule is COc1cc(/C=N/n2c(-c3cccs3)n[nH]c2=S)cc(OC)c1OC. The van der Waals surface area contributed by atoms with Gasteiger partial charge in [0.1, 0.15) is 0 Å². The molecule has 7 nitrogen and oxygen atoms in total. The quantitative estimate of drug-likeness (QED) is 0.526. The molecule has 9 heteroatoms. The number of nitrogens with one attached hydrogen (secondary N) is 1. The summed E-state index contributed by atoms with van der Waals surface area (Å²) in [5.41, 5.74) is 0.773. The number of aromatic amines is 1. The lowest BCUT2D eigenvalue weighted by Crippen LogP contribution is -1.98. The highest BCUT2D eigenvalue weighted by Crippen LogP contribution is 2.37. The van der Waals surface area contributed by atoms with E-state index in [-0.39, 0.29) is 0 Å². The maximum absolute atomic E-state index is 5.35. The Morgan fingerprint density at radius 2 is 1.92 bits per heavy atom. The van der Waals surface area contributed by atoms with Crippen LogP contribution in [0, 0.1) is 4.77 Å². The van der Waals surface area contributed by atoms with Gasteiger partial charge >= 0.3 is 0 Å². The molecule has 3 rings (SSSR count). The van der Waals surface area contributed by atoms with Crippen molar-refractivity contribution in [1.82, 2.24) is 14.9 Å². The lowest BCUT2D eigenvalue weighted by atomic mass is 10.2. The van der Waals surface area contributed by atoms with Crippen LogP contribution in [0.4, 0.5) is 0 Å². The molecule has 0 bridgehead atoms. The number of hydrogen-bond acceptors (Lipinski definition) is 7. The molecule has 0 saturated carbocycles. The molecular formula is C16H16N4O3S2. The van der Waals surface area contributed by atoms with Gasteiger partial charge in [-0.1, -0.05) is 6.07 Å². The van der Waals surface area contributed by atoms with E-state index in [1.165, 1.54) is 0 Å². The lowest BCUT2D eigenvalue weighted by molar-refractivity contribution is 0.324. The van der Waals surface area contributed by atoms with E-state index in [9.17, 15) is 0 Å². The van der Waals surface area contributed by atoms with Gasteiger partial charge in [0, 0.05) is 5.56 Å². The molecular weight excluding hydrogens is 360 g/mol. The van der Waals surface area contributed by atoms with Crippen molar-refractivity contribution in [3.8, 4) is 28.0 Å².